The molecule has 0 saturated carbocycles. The van der Waals surface area contributed by atoms with Gasteiger partial charge in [0.2, 0.25) is 0 Å². The molecule has 0 amide bonds. The van der Waals surface area contributed by atoms with Crippen LogP contribution in [0.4, 0.5) is 0 Å². The summed E-state index contributed by atoms with van der Waals surface area (Å²) in [6.07, 6.45) is 2.49. The van der Waals surface area contributed by atoms with Crippen molar-refractivity contribution in [3.05, 3.63) is 22.4 Å². The third kappa shape index (κ3) is 3.63. The Labute approximate surface area is 107 Å². The molecule has 0 aromatic carbocycles. The summed E-state index contributed by atoms with van der Waals surface area (Å²) in [6, 6.07) is 3.86. The standard InChI is InChI=1S/C13H20N2OS/c1-14-8-11-4-2-6-15(9-11)10-12(16)13-5-3-7-17-13/h3,5,7,11,14H,2,4,6,8-10H2,1H3. The van der Waals surface area contributed by atoms with Crippen LogP contribution < -0.4 is 5.32 Å². The van der Waals surface area contributed by atoms with Gasteiger partial charge in [0.05, 0.1) is 11.4 Å². The quantitative estimate of drug-likeness (QED) is 0.812. The van der Waals surface area contributed by atoms with Gasteiger partial charge in [-0.25, -0.2) is 0 Å². The molecule has 1 atom stereocenters. The Morgan fingerprint density at radius 3 is 3.24 bits per heavy atom. The molecule has 0 bridgehead atoms. The van der Waals surface area contributed by atoms with E-state index in [4.69, 9.17) is 0 Å². The highest BCUT2D eigenvalue weighted by molar-refractivity contribution is 7.12. The minimum Gasteiger partial charge on any atom is -0.319 e. The van der Waals surface area contributed by atoms with E-state index in [-0.39, 0.29) is 5.78 Å². The molecule has 0 spiro atoms. The molecule has 1 unspecified atom stereocenters. The average molecular weight is 252 g/mol. The molecular formula is C13H20N2OS. The van der Waals surface area contributed by atoms with Crippen LogP contribution in [0.1, 0.15) is 22.5 Å². The average Bonchev–Trinajstić information content (AvgIpc) is 2.83. The second kappa shape index (κ2) is 6.28. The van der Waals surface area contributed by atoms with E-state index in [1.165, 1.54) is 12.8 Å². The number of hydrogen-bond acceptors (Lipinski definition) is 4. The van der Waals surface area contributed by atoms with Crippen molar-refractivity contribution in [1.29, 1.82) is 0 Å². The van der Waals surface area contributed by atoms with Gasteiger partial charge in [-0.05, 0) is 50.3 Å². The molecule has 17 heavy (non-hydrogen) atoms. The third-order valence-corrected chi connectivity index (χ3v) is 4.17. The van der Waals surface area contributed by atoms with Gasteiger partial charge in [-0.3, -0.25) is 9.69 Å². The Morgan fingerprint density at radius 1 is 1.65 bits per heavy atom. The minimum absolute atomic E-state index is 0.269. The first-order valence-corrected chi connectivity index (χ1v) is 7.11. The summed E-state index contributed by atoms with van der Waals surface area (Å²) < 4.78 is 0. The van der Waals surface area contributed by atoms with Crippen molar-refractivity contribution in [1.82, 2.24) is 10.2 Å². The van der Waals surface area contributed by atoms with E-state index >= 15 is 0 Å². The lowest BCUT2D eigenvalue weighted by Gasteiger charge is -2.31. The molecule has 94 valence electrons. The zero-order valence-corrected chi connectivity index (χ0v) is 11.1. The van der Waals surface area contributed by atoms with Gasteiger partial charge in [-0.2, -0.15) is 0 Å². The molecular weight excluding hydrogens is 232 g/mol. The van der Waals surface area contributed by atoms with Crippen molar-refractivity contribution in [3.8, 4) is 0 Å². The van der Waals surface area contributed by atoms with Crippen molar-refractivity contribution in [2.24, 2.45) is 5.92 Å². The number of piperidine rings is 1. The van der Waals surface area contributed by atoms with E-state index < -0.39 is 0 Å². The van der Waals surface area contributed by atoms with Gasteiger partial charge in [0.15, 0.2) is 5.78 Å². The second-order valence-electron chi connectivity index (χ2n) is 4.70. The number of hydrogen-bond donors (Lipinski definition) is 1. The molecule has 1 N–H and O–H groups in total. The number of thiophene rings is 1. The van der Waals surface area contributed by atoms with Crippen LogP contribution in [0.3, 0.4) is 0 Å². The molecule has 0 radical (unpaired) electrons. The lowest BCUT2D eigenvalue weighted by Crippen LogP contribution is -2.41. The number of Topliss-reactive ketones (excluding diaryl/α,β-unsaturated/α-hetero) is 1. The smallest absolute Gasteiger partial charge is 0.186 e. The van der Waals surface area contributed by atoms with Crippen LogP contribution in [0.15, 0.2) is 17.5 Å². The predicted octanol–water partition coefficient (Wildman–Crippen LogP) is 1.86. The zero-order chi connectivity index (χ0) is 12.1. The lowest BCUT2D eigenvalue weighted by atomic mass is 9.98. The fraction of sp³-hybridized carbons (Fsp3) is 0.615. The summed E-state index contributed by atoms with van der Waals surface area (Å²) >= 11 is 1.54. The Hall–Kier alpha value is -0.710. The number of carbonyl (C=O) groups is 1. The monoisotopic (exact) mass is 252 g/mol. The molecule has 4 heteroatoms. The normalized spacial score (nSPS) is 21.6. The van der Waals surface area contributed by atoms with Crippen LogP contribution in [-0.2, 0) is 0 Å². The van der Waals surface area contributed by atoms with E-state index in [1.54, 1.807) is 11.3 Å². The first kappa shape index (κ1) is 12.7. The van der Waals surface area contributed by atoms with Gasteiger partial charge in [0.25, 0.3) is 0 Å². The first-order chi connectivity index (χ1) is 8.29. The predicted molar refractivity (Wildman–Crippen MR) is 71.7 cm³/mol. The summed E-state index contributed by atoms with van der Waals surface area (Å²) in [6.45, 7) is 3.76. The number of carbonyl (C=O) groups excluding carboxylic acids is 1. The molecule has 1 saturated heterocycles. The minimum atomic E-state index is 0.269. The maximum atomic E-state index is 12.0. The number of rotatable bonds is 5. The number of likely N-dealkylation sites (tertiary alicyclic amines) is 1. The summed E-state index contributed by atoms with van der Waals surface area (Å²) in [5.74, 6) is 0.968. The van der Waals surface area contributed by atoms with Crippen LogP contribution in [0.5, 0.6) is 0 Å². The number of ketones is 1. The third-order valence-electron chi connectivity index (χ3n) is 3.26. The first-order valence-electron chi connectivity index (χ1n) is 6.23. The van der Waals surface area contributed by atoms with Crippen molar-refractivity contribution in [3.63, 3.8) is 0 Å². The van der Waals surface area contributed by atoms with Gasteiger partial charge >= 0.3 is 0 Å². The van der Waals surface area contributed by atoms with E-state index in [9.17, 15) is 4.79 Å². The fourth-order valence-corrected chi connectivity index (χ4v) is 3.13. The van der Waals surface area contributed by atoms with Gasteiger partial charge in [0.1, 0.15) is 0 Å². The van der Waals surface area contributed by atoms with E-state index in [0.717, 1.165) is 24.5 Å². The van der Waals surface area contributed by atoms with E-state index in [1.807, 2.05) is 24.6 Å². The zero-order valence-electron chi connectivity index (χ0n) is 10.3. The SMILES string of the molecule is CNCC1CCCN(CC(=O)c2cccs2)C1. The molecule has 1 fully saturated rings. The topological polar surface area (TPSA) is 32.3 Å². The summed E-state index contributed by atoms with van der Waals surface area (Å²) in [5, 5.41) is 5.19. The maximum absolute atomic E-state index is 12.0. The second-order valence-corrected chi connectivity index (χ2v) is 5.65. The van der Waals surface area contributed by atoms with Gasteiger partial charge in [0, 0.05) is 6.54 Å². The van der Waals surface area contributed by atoms with Crippen molar-refractivity contribution in [2.45, 2.75) is 12.8 Å². The van der Waals surface area contributed by atoms with Crippen LogP contribution in [0.2, 0.25) is 0 Å². The molecule has 2 rings (SSSR count). The van der Waals surface area contributed by atoms with E-state index in [2.05, 4.69) is 10.2 Å². The Bertz CT molecular complexity index is 348. The highest BCUT2D eigenvalue weighted by Gasteiger charge is 2.21. The molecule has 1 aromatic rings. The Balaban J connectivity index is 1.84. The van der Waals surface area contributed by atoms with E-state index in [0.29, 0.717) is 12.5 Å². The lowest BCUT2D eigenvalue weighted by molar-refractivity contribution is 0.0890. The van der Waals surface area contributed by atoms with Gasteiger partial charge in [-0.1, -0.05) is 6.07 Å². The molecule has 1 aliphatic rings. The Morgan fingerprint density at radius 2 is 2.53 bits per heavy atom. The molecule has 3 nitrogen and oxygen atoms in total. The molecule has 1 aromatic heterocycles. The van der Waals surface area contributed by atoms with Crippen LogP contribution in [-0.4, -0.2) is 43.9 Å². The molecule has 2 heterocycles. The van der Waals surface area contributed by atoms with Crippen molar-refractivity contribution < 1.29 is 4.79 Å². The highest BCUT2D eigenvalue weighted by Crippen LogP contribution is 2.17. The van der Waals surface area contributed by atoms with Crippen molar-refractivity contribution >= 4 is 17.1 Å². The number of nitrogens with one attached hydrogen (secondary N) is 1. The van der Waals surface area contributed by atoms with Gasteiger partial charge < -0.3 is 5.32 Å². The van der Waals surface area contributed by atoms with Crippen molar-refractivity contribution in [2.75, 3.05) is 33.2 Å². The summed E-state index contributed by atoms with van der Waals surface area (Å²) in [7, 11) is 2.00. The maximum Gasteiger partial charge on any atom is 0.186 e. The van der Waals surface area contributed by atoms with Crippen LogP contribution in [0, 0.1) is 5.92 Å². The van der Waals surface area contributed by atoms with Gasteiger partial charge in [-0.15, -0.1) is 11.3 Å². The Kier molecular flexibility index (Phi) is 4.71. The number of nitrogens with zero attached hydrogens (tertiary/aromatic N) is 1. The highest BCUT2D eigenvalue weighted by atomic mass is 32.1. The summed E-state index contributed by atoms with van der Waals surface area (Å²) in [4.78, 5) is 15.2. The molecule has 0 aliphatic carbocycles. The largest absolute Gasteiger partial charge is 0.319 e. The van der Waals surface area contributed by atoms with Crippen LogP contribution in [0.25, 0.3) is 0 Å². The summed E-state index contributed by atoms with van der Waals surface area (Å²) in [5.41, 5.74) is 0. The fourth-order valence-electron chi connectivity index (χ4n) is 2.47. The van der Waals surface area contributed by atoms with Crippen LogP contribution >= 0.6 is 11.3 Å². The molecule has 1 aliphatic heterocycles.